The summed E-state index contributed by atoms with van der Waals surface area (Å²) in [5.41, 5.74) is 2.01. The third-order valence-electron chi connectivity index (χ3n) is 7.15. The number of aliphatic carboxylic acids is 3. The molecule has 39 heavy (non-hydrogen) atoms. The summed E-state index contributed by atoms with van der Waals surface area (Å²) in [7, 11) is -5.50. The van der Waals surface area contributed by atoms with Gasteiger partial charge in [-0.3, -0.25) is 18.9 Å². The Labute approximate surface area is 254 Å². The van der Waals surface area contributed by atoms with Gasteiger partial charge in [0.15, 0.2) is 5.25 Å². The normalized spacial score (nSPS) is 14.5. The number of carbonyl (C=O) groups is 4. The monoisotopic (exact) mass is 587 g/mol. The van der Waals surface area contributed by atoms with Crippen molar-refractivity contribution in [3.05, 3.63) is 0 Å². The van der Waals surface area contributed by atoms with Crippen LogP contribution in [0.3, 0.4) is 0 Å². The van der Waals surface area contributed by atoms with Crippen LogP contribution in [0.15, 0.2) is 0 Å². The summed E-state index contributed by atoms with van der Waals surface area (Å²) in [6.07, 6.45) is 14.3. The van der Waals surface area contributed by atoms with E-state index >= 15 is 0 Å². The molecule has 3 unspecified atom stereocenters. The summed E-state index contributed by atoms with van der Waals surface area (Å²) in [4.78, 5) is 47.2. The van der Waals surface area contributed by atoms with E-state index in [9.17, 15) is 42.4 Å². The number of carboxylic acids is 3. The largest absolute Gasteiger partial charge is 1.00 e. The molecule has 5 N–H and O–H groups in total. The van der Waals surface area contributed by atoms with Gasteiger partial charge in [-0.15, -0.1) is 0 Å². The maximum absolute atomic E-state index is 12.2. The molecule has 0 radical (unpaired) electrons. The van der Waals surface area contributed by atoms with E-state index in [2.05, 4.69) is 6.92 Å². The molecular weight excluding hydrogens is 541 g/mol. The van der Waals surface area contributed by atoms with E-state index in [1.54, 1.807) is 0 Å². The van der Waals surface area contributed by atoms with Gasteiger partial charge in [0.25, 0.3) is 10.1 Å². The summed E-state index contributed by atoms with van der Waals surface area (Å²) in [5, 5.41) is 28.0. The molecule has 0 aromatic rings. The summed E-state index contributed by atoms with van der Waals surface area (Å²) >= 11 is 0. The average molecular weight is 588 g/mol. The maximum Gasteiger partial charge on any atom is 1.00 e. The predicted molar refractivity (Wildman–Crippen MR) is 140 cm³/mol. The molecule has 0 spiro atoms. The van der Waals surface area contributed by atoms with Crippen LogP contribution in [-0.4, -0.2) is 52.2 Å². The van der Waals surface area contributed by atoms with Gasteiger partial charge in [-0.05, 0) is 6.42 Å². The summed E-state index contributed by atoms with van der Waals surface area (Å²) in [6, 6.07) is 0. The van der Waals surface area contributed by atoms with E-state index < -0.39 is 63.4 Å². The molecule has 0 saturated carbocycles. The Bertz CT molecular complexity index is 852. The first kappa shape index (κ1) is 39.9. The molecule has 222 valence electrons. The topological polar surface area (TPSA) is 212 Å². The molecule has 0 fully saturated rings. The molecule has 11 nitrogen and oxygen atoms in total. The number of primary amides is 1. The number of nitrogens with two attached hydrogens (primary N) is 1. The average Bonchev–Trinajstić information content (AvgIpc) is 2.79. The van der Waals surface area contributed by atoms with Crippen molar-refractivity contribution in [2.75, 3.05) is 0 Å². The van der Waals surface area contributed by atoms with Crippen molar-refractivity contribution >= 4 is 33.9 Å². The standard InChI is InChI=1S/C26H47NO10S.Na/c1-2-3-4-5-6-7-8-9-10-11-12-13-14-15-16-17-18-26(25(33)34,20(24(31)32)19-21(28)29)22(23(27)30)38(35,36)37;/h20,22H,2-19H2,1H3,(H2,27,30)(H,28,29)(H,31,32)(H,33,34)(H,35,36,37);/q;+1/p-1. The molecule has 0 heterocycles. The molecule has 0 aromatic carbocycles. The molecule has 0 aromatic heterocycles. The second-order valence-electron chi connectivity index (χ2n) is 10.2. The van der Waals surface area contributed by atoms with Gasteiger partial charge in [-0.25, -0.2) is 0 Å². The van der Waals surface area contributed by atoms with E-state index in [-0.39, 0.29) is 36.0 Å². The second-order valence-corrected chi connectivity index (χ2v) is 11.7. The zero-order valence-electron chi connectivity index (χ0n) is 23.6. The minimum Gasteiger partial charge on any atom is -0.549 e. The van der Waals surface area contributed by atoms with E-state index in [4.69, 9.17) is 10.8 Å². The number of hydrogen-bond donors (Lipinski definition) is 4. The van der Waals surface area contributed by atoms with Crippen LogP contribution < -0.4 is 40.4 Å². The van der Waals surface area contributed by atoms with Crippen molar-refractivity contribution in [3.63, 3.8) is 0 Å². The Morgan fingerprint density at radius 3 is 1.38 bits per heavy atom. The van der Waals surface area contributed by atoms with Crippen LogP contribution in [0.1, 0.15) is 122 Å². The zero-order chi connectivity index (χ0) is 29.2. The van der Waals surface area contributed by atoms with E-state index in [1.807, 2.05) is 0 Å². The van der Waals surface area contributed by atoms with Crippen LogP contribution in [0.2, 0.25) is 0 Å². The SMILES string of the molecule is CCCCCCCCCCCCCCCCCCC(C(=O)[O-])(C(CC(=O)O)C(=O)O)C(C(N)=O)S(=O)(=O)O.[Na+]. The van der Waals surface area contributed by atoms with Crippen molar-refractivity contribution in [2.24, 2.45) is 17.1 Å². The Morgan fingerprint density at radius 2 is 1.13 bits per heavy atom. The molecule has 0 aliphatic rings. The van der Waals surface area contributed by atoms with Crippen LogP contribution in [-0.2, 0) is 29.3 Å². The number of carbonyl (C=O) groups excluding carboxylic acids is 2. The third kappa shape index (κ3) is 15.4. The summed E-state index contributed by atoms with van der Waals surface area (Å²) < 4.78 is 33.4. The smallest absolute Gasteiger partial charge is 0.549 e. The fourth-order valence-electron chi connectivity index (χ4n) is 5.14. The van der Waals surface area contributed by atoms with E-state index in [1.165, 1.54) is 57.8 Å². The summed E-state index contributed by atoms with van der Waals surface area (Å²) in [6.45, 7) is 2.21. The zero-order valence-corrected chi connectivity index (χ0v) is 26.4. The number of hydrogen-bond acceptors (Lipinski definition) is 7. The Morgan fingerprint density at radius 1 is 0.769 bits per heavy atom. The molecule has 3 atom stereocenters. The van der Waals surface area contributed by atoms with Crippen LogP contribution in [0.25, 0.3) is 0 Å². The first-order valence-corrected chi connectivity index (χ1v) is 15.2. The van der Waals surface area contributed by atoms with E-state index in [0.717, 1.165) is 25.7 Å². The first-order valence-electron chi connectivity index (χ1n) is 13.7. The van der Waals surface area contributed by atoms with Crippen molar-refractivity contribution < 1.29 is 77.0 Å². The number of amides is 1. The fourth-order valence-corrected chi connectivity index (χ4v) is 6.34. The number of carboxylic acid groups (broad SMARTS) is 3. The Balaban J connectivity index is 0. The van der Waals surface area contributed by atoms with Crippen molar-refractivity contribution in [3.8, 4) is 0 Å². The Hall–Kier alpha value is -1.21. The van der Waals surface area contributed by atoms with Gasteiger partial charge in [0, 0.05) is 0 Å². The van der Waals surface area contributed by atoms with Crippen LogP contribution in [0, 0.1) is 11.3 Å². The minimum absolute atomic E-state index is 0. The molecule has 0 saturated heterocycles. The first-order chi connectivity index (χ1) is 17.8. The molecule has 0 aliphatic heterocycles. The molecule has 1 amide bonds. The van der Waals surface area contributed by atoms with Crippen molar-refractivity contribution in [1.82, 2.24) is 0 Å². The van der Waals surface area contributed by atoms with Crippen LogP contribution in [0.5, 0.6) is 0 Å². The van der Waals surface area contributed by atoms with Crippen molar-refractivity contribution in [2.45, 2.75) is 128 Å². The fraction of sp³-hybridized carbons (Fsp3) is 0.846. The second kappa shape index (κ2) is 21.5. The van der Waals surface area contributed by atoms with Crippen LogP contribution in [0.4, 0.5) is 0 Å². The molecule has 0 aliphatic carbocycles. The van der Waals surface area contributed by atoms with Crippen molar-refractivity contribution in [1.29, 1.82) is 0 Å². The molecule has 0 rings (SSSR count). The van der Waals surface area contributed by atoms with Gasteiger partial charge < -0.3 is 25.8 Å². The molecule has 0 bridgehead atoms. The van der Waals surface area contributed by atoms with Gasteiger partial charge >= 0.3 is 41.5 Å². The van der Waals surface area contributed by atoms with E-state index in [0.29, 0.717) is 12.8 Å². The molecular formula is C26H46NNaO10S. The minimum atomic E-state index is -5.50. The number of unbranched alkanes of at least 4 members (excludes halogenated alkanes) is 15. The Kier molecular flexibility index (Phi) is 22.0. The maximum atomic E-state index is 12.2. The predicted octanol–water partition coefficient (Wildman–Crippen LogP) is 0.296. The van der Waals surface area contributed by atoms with Gasteiger partial charge in [0.05, 0.1) is 23.7 Å². The van der Waals surface area contributed by atoms with Crippen LogP contribution >= 0.6 is 0 Å². The molecule has 13 heteroatoms. The van der Waals surface area contributed by atoms with Gasteiger partial charge in [-0.1, -0.05) is 110 Å². The van der Waals surface area contributed by atoms with Gasteiger partial charge in [0.2, 0.25) is 5.91 Å². The third-order valence-corrected chi connectivity index (χ3v) is 8.40. The summed E-state index contributed by atoms with van der Waals surface area (Å²) in [5.74, 6) is -10.1. The van der Waals surface area contributed by atoms with Gasteiger partial charge in [0.1, 0.15) is 0 Å². The quantitative estimate of drug-likeness (QED) is 0.0651. The number of rotatable bonds is 25. The van der Waals surface area contributed by atoms with Gasteiger partial charge in [-0.2, -0.15) is 8.42 Å².